The molecule has 1 aliphatic heterocycles. The fraction of sp³-hybridized carbons (Fsp3) is 0.625. The van der Waals surface area contributed by atoms with E-state index in [4.69, 9.17) is 5.73 Å². The molecule has 0 amide bonds. The van der Waals surface area contributed by atoms with Crippen molar-refractivity contribution in [3.8, 4) is 0 Å². The number of hydrogen-bond acceptors (Lipinski definition) is 2. The number of nitrogens with two attached hydrogens (primary N) is 1. The lowest BCUT2D eigenvalue weighted by atomic mass is 9.87. The van der Waals surface area contributed by atoms with E-state index in [-0.39, 0.29) is 11.5 Å². The minimum absolute atomic E-state index is 0.186. The summed E-state index contributed by atoms with van der Waals surface area (Å²) in [5.41, 5.74) is 9.50. The van der Waals surface area contributed by atoms with Gasteiger partial charge in [-0.15, -0.1) is 0 Å². The standard InChI is InChI=1S/C16H26N2/c1-16(2,3)15(17)12-18-10-6-9-13-7-4-5-8-14(13)11-18/h4-5,7-8,15H,6,9-12,17H2,1-3H3. The first-order chi connectivity index (χ1) is 8.47. The van der Waals surface area contributed by atoms with Gasteiger partial charge in [-0.2, -0.15) is 0 Å². The van der Waals surface area contributed by atoms with Gasteiger partial charge >= 0.3 is 0 Å². The molecule has 1 atom stereocenters. The van der Waals surface area contributed by atoms with E-state index in [0.29, 0.717) is 0 Å². The maximum atomic E-state index is 6.31. The smallest absolute Gasteiger partial charge is 0.0237 e. The number of hydrogen-bond donors (Lipinski definition) is 1. The maximum absolute atomic E-state index is 6.31. The largest absolute Gasteiger partial charge is 0.326 e. The van der Waals surface area contributed by atoms with Crippen LogP contribution in [0.2, 0.25) is 0 Å². The first-order valence-corrected chi connectivity index (χ1v) is 7.01. The summed E-state index contributed by atoms with van der Waals surface area (Å²) in [5.74, 6) is 0. The lowest BCUT2D eigenvalue weighted by Crippen LogP contribution is -2.45. The SMILES string of the molecule is CC(C)(C)C(N)CN1CCCc2ccccc2C1. The molecule has 2 N–H and O–H groups in total. The highest BCUT2D eigenvalue weighted by molar-refractivity contribution is 5.28. The van der Waals surface area contributed by atoms with E-state index in [1.165, 1.54) is 30.5 Å². The molecule has 0 radical (unpaired) electrons. The van der Waals surface area contributed by atoms with E-state index in [1.807, 2.05) is 0 Å². The van der Waals surface area contributed by atoms with E-state index >= 15 is 0 Å². The number of fused-ring (bicyclic) bond motifs is 1. The van der Waals surface area contributed by atoms with Crippen LogP contribution in [0.3, 0.4) is 0 Å². The highest BCUT2D eigenvalue weighted by atomic mass is 15.1. The summed E-state index contributed by atoms with van der Waals surface area (Å²) in [6, 6.07) is 9.06. The highest BCUT2D eigenvalue weighted by Crippen LogP contribution is 2.22. The van der Waals surface area contributed by atoms with E-state index < -0.39 is 0 Å². The third-order valence-corrected chi connectivity index (χ3v) is 4.00. The predicted octanol–water partition coefficient (Wildman–Crippen LogP) is 2.81. The Labute approximate surface area is 111 Å². The summed E-state index contributed by atoms with van der Waals surface area (Å²) in [6.45, 7) is 9.90. The van der Waals surface area contributed by atoms with Crippen LogP contribution in [0.5, 0.6) is 0 Å². The zero-order valence-corrected chi connectivity index (χ0v) is 11.9. The summed E-state index contributed by atoms with van der Waals surface area (Å²) < 4.78 is 0. The van der Waals surface area contributed by atoms with Crippen molar-refractivity contribution in [2.75, 3.05) is 13.1 Å². The van der Waals surface area contributed by atoms with E-state index in [2.05, 4.69) is 49.9 Å². The molecule has 1 aromatic carbocycles. The quantitative estimate of drug-likeness (QED) is 0.869. The topological polar surface area (TPSA) is 29.3 Å². The van der Waals surface area contributed by atoms with Crippen LogP contribution in [0.4, 0.5) is 0 Å². The average Bonchev–Trinajstić information content (AvgIpc) is 2.49. The Morgan fingerprint density at radius 3 is 2.56 bits per heavy atom. The zero-order valence-electron chi connectivity index (χ0n) is 11.9. The first kappa shape index (κ1) is 13.6. The van der Waals surface area contributed by atoms with Crippen molar-refractivity contribution in [2.24, 2.45) is 11.1 Å². The van der Waals surface area contributed by atoms with Crippen molar-refractivity contribution in [2.45, 2.75) is 46.2 Å². The normalized spacial score (nSPS) is 19.1. The van der Waals surface area contributed by atoms with Gasteiger partial charge in [-0.25, -0.2) is 0 Å². The maximum Gasteiger partial charge on any atom is 0.0237 e. The first-order valence-electron chi connectivity index (χ1n) is 7.01. The van der Waals surface area contributed by atoms with Crippen LogP contribution in [0.25, 0.3) is 0 Å². The second-order valence-electron chi connectivity index (χ2n) is 6.58. The fourth-order valence-electron chi connectivity index (χ4n) is 2.48. The van der Waals surface area contributed by atoms with Crippen LogP contribution in [-0.2, 0) is 13.0 Å². The molecule has 2 rings (SSSR count). The van der Waals surface area contributed by atoms with E-state index in [1.54, 1.807) is 0 Å². The second-order valence-corrected chi connectivity index (χ2v) is 6.58. The second kappa shape index (κ2) is 5.41. The number of nitrogens with zero attached hydrogens (tertiary/aromatic N) is 1. The molecule has 2 nitrogen and oxygen atoms in total. The van der Waals surface area contributed by atoms with Gasteiger partial charge < -0.3 is 5.73 Å². The Morgan fingerprint density at radius 1 is 1.22 bits per heavy atom. The van der Waals surface area contributed by atoms with Gasteiger partial charge in [0.15, 0.2) is 0 Å². The zero-order chi connectivity index (χ0) is 13.2. The number of rotatable bonds is 2. The van der Waals surface area contributed by atoms with Crippen molar-refractivity contribution in [1.29, 1.82) is 0 Å². The molecule has 1 unspecified atom stereocenters. The third kappa shape index (κ3) is 3.33. The van der Waals surface area contributed by atoms with Gasteiger partial charge in [0.25, 0.3) is 0 Å². The molecule has 0 spiro atoms. The van der Waals surface area contributed by atoms with Gasteiger partial charge in [0.1, 0.15) is 0 Å². The molecule has 2 heteroatoms. The summed E-state index contributed by atoms with van der Waals surface area (Å²) in [7, 11) is 0. The van der Waals surface area contributed by atoms with Crippen LogP contribution in [0.15, 0.2) is 24.3 Å². The van der Waals surface area contributed by atoms with Crippen LogP contribution in [-0.4, -0.2) is 24.0 Å². The van der Waals surface area contributed by atoms with Crippen molar-refractivity contribution < 1.29 is 0 Å². The van der Waals surface area contributed by atoms with Gasteiger partial charge in [-0.1, -0.05) is 45.0 Å². The summed E-state index contributed by atoms with van der Waals surface area (Å²) in [5, 5.41) is 0. The molecule has 1 heterocycles. The number of aryl methyl sites for hydroxylation is 1. The Hall–Kier alpha value is -0.860. The lowest BCUT2D eigenvalue weighted by Gasteiger charge is -2.32. The van der Waals surface area contributed by atoms with Crippen molar-refractivity contribution in [3.05, 3.63) is 35.4 Å². The van der Waals surface area contributed by atoms with Gasteiger partial charge in [-0.3, -0.25) is 4.90 Å². The third-order valence-electron chi connectivity index (χ3n) is 4.00. The average molecular weight is 246 g/mol. The minimum Gasteiger partial charge on any atom is -0.326 e. The fourth-order valence-corrected chi connectivity index (χ4v) is 2.48. The van der Waals surface area contributed by atoms with Crippen LogP contribution < -0.4 is 5.73 Å². The van der Waals surface area contributed by atoms with Gasteiger partial charge in [0.05, 0.1) is 0 Å². The molecule has 0 bridgehead atoms. The molecule has 1 aliphatic rings. The summed E-state index contributed by atoms with van der Waals surface area (Å²) in [6.07, 6.45) is 2.45. The van der Waals surface area contributed by atoms with Crippen LogP contribution in [0.1, 0.15) is 38.3 Å². The highest BCUT2D eigenvalue weighted by Gasteiger charge is 2.24. The molecule has 1 aromatic rings. The Balaban J connectivity index is 2.04. The van der Waals surface area contributed by atoms with Crippen LogP contribution >= 0.6 is 0 Å². The van der Waals surface area contributed by atoms with Crippen molar-refractivity contribution in [3.63, 3.8) is 0 Å². The van der Waals surface area contributed by atoms with Crippen molar-refractivity contribution >= 4 is 0 Å². The molecule has 0 saturated carbocycles. The van der Waals surface area contributed by atoms with Gasteiger partial charge in [-0.05, 0) is 35.9 Å². The molecule has 0 saturated heterocycles. The Bertz CT molecular complexity index is 392. The Morgan fingerprint density at radius 2 is 1.89 bits per heavy atom. The summed E-state index contributed by atoms with van der Waals surface area (Å²) >= 11 is 0. The number of benzene rings is 1. The molecule has 0 aromatic heterocycles. The van der Waals surface area contributed by atoms with Gasteiger partial charge in [0.2, 0.25) is 0 Å². The molecular weight excluding hydrogens is 220 g/mol. The molecule has 0 aliphatic carbocycles. The van der Waals surface area contributed by atoms with E-state index in [0.717, 1.165) is 13.1 Å². The van der Waals surface area contributed by atoms with Crippen LogP contribution in [0, 0.1) is 5.41 Å². The summed E-state index contributed by atoms with van der Waals surface area (Å²) in [4.78, 5) is 2.52. The molecular formula is C16H26N2. The van der Waals surface area contributed by atoms with Gasteiger partial charge in [0, 0.05) is 19.1 Å². The molecule has 18 heavy (non-hydrogen) atoms. The molecule has 100 valence electrons. The Kier molecular flexibility index (Phi) is 4.08. The van der Waals surface area contributed by atoms with Crippen molar-refractivity contribution in [1.82, 2.24) is 4.90 Å². The minimum atomic E-state index is 0.186. The van der Waals surface area contributed by atoms with E-state index in [9.17, 15) is 0 Å². The molecule has 0 fully saturated rings. The lowest BCUT2D eigenvalue weighted by molar-refractivity contribution is 0.194. The predicted molar refractivity (Wildman–Crippen MR) is 77.5 cm³/mol. The monoisotopic (exact) mass is 246 g/mol.